The van der Waals surface area contributed by atoms with Crippen LogP contribution in [0.15, 0.2) is 41.3 Å². The van der Waals surface area contributed by atoms with Crippen molar-refractivity contribution in [3.8, 4) is 11.5 Å². The van der Waals surface area contributed by atoms with E-state index < -0.39 is 10.0 Å². The Bertz CT molecular complexity index is 993. The minimum absolute atomic E-state index is 0.0169. The Hall–Kier alpha value is -2.29. The molecule has 0 saturated carbocycles. The summed E-state index contributed by atoms with van der Waals surface area (Å²) in [6.07, 6.45) is 0.813. The van der Waals surface area contributed by atoms with Gasteiger partial charge in [-0.1, -0.05) is 30.7 Å². The molecule has 164 valence electrons. The van der Waals surface area contributed by atoms with E-state index in [4.69, 9.17) is 26.2 Å². The van der Waals surface area contributed by atoms with E-state index in [1.807, 2.05) is 20.8 Å². The molecule has 0 heterocycles. The first-order valence-corrected chi connectivity index (χ1v) is 11.5. The number of carbonyl (C=O) groups is 1. The highest BCUT2D eigenvalue weighted by molar-refractivity contribution is 7.89. The number of amides is 1. The lowest BCUT2D eigenvalue weighted by atomic mass is 10.1. The van der Waals surface area contributed by atoms with Crippen molar-refractivity contribution in [2.24, 2.45) is 5.14 Å². The Morgan fingerprint density at radius 2 is 1.80 bits per heavy atom. The number of sulfonamides is 1. The van der Waals surface area contributed by atoms with Gasteiger partial charge in [-0.15, -0.1) is 0 Å². The average molecular weight is 455 g/mol. The van der Waals surface area contributed by atoms with Crippen LogP contribution in [0.25, 0.3) is 0 Å². The van der Waals surface area contributed by atoms with E-state index in [1.54, 1.807) is 36.2 Å². The fraction of sp³-hybridized carbons (Fsp3) is 0.381. The van der Waals surface area contributed by atoms with Gasteiger partial charge in [0.15, 0.2) is 11.5 Å². The number of carbonyl (C=O) groups excluding carboxylic acids is 1. The zero-order valence-corrected chi connectivity index (χ0v) is 19.1. The van der Waals surface area contributed by atoms with E-state index in [9.17, 15) is 13.2 Å². The molecule has 2 aromatic rings. The summed E-state index contributed by atoms with van der Waals surface area (Å²) < 4.78 is 34.2. The molecular formula is C21H27ClN2O5S. The normalized spacial score (nSPS) is 12.3. The Morgan fingerprint density at radius 3 is 2.33 bits per heavy atom. The molecule has 0 aliphatic heterocycles. The van der Waals surface area contributed by atoms with Crippen LogP contribution in [-0.4, -0.2) is 39.5 Å². The molecule has 2 rings (SSSR count). The van der Waals surface area contributed by atoms with Crippen molar-refractivity contribution in [3.05, 3.63) is 52.5 Å². The summed E-state index contributed by atoms with van der Waals surface area (Å²) in [5, 5.41) is 5.44. The fourth-order valence-corrected chi connectivity index (χ4v) is 3.62. The van der Waals surface area contributed by atoms with Crippen LogP contribution in [-0.2, 0) is 10.0 Å². The minimum atomic E-state index is -3.77. The van der Waals surface area contributed by atoms with Crippen LogP contribution in [0.5, 0.6) is 11.5 Å². The van der Waals surface area contributed by atoms with Gasteiger partial charge >= 0.3 is 0 Å². The summed E-state index contributed by atoms with van der Waals surface area (Å²) in [6.45, 7) is 6.55. The van der Waals surface area contributed by atoms with Crippen molar-refractivity contribution < 1.29 is 22.7 Å². The predicted octanol–water partition coefficient (Wildman–Crippen LogP) is 4.01. The monoisotopic (exact) mass is 454 g/mol. The molecule has 30 heavy (non-hydrogen) atoms. The van der Waals surface area contributed by atoms with Gasteiger partial charge in [0.1, 0.15) is 0 Å². The molecule has 0 fully saturated rings. The Labute approximate surface area is 182 Å². The van der Waals surface area contributed by atoms with Crippen LogP contribution in [0.2, 0.25) is 5.02 Å². The maximum atomic E-state index is 13.1. The van der Waals surface area contributed by atoms with E-state index >= 15 is 0 Å². The molecule has 0 aliphatic rings. The van der Waals surface area contributed by atoms with Crippen molar-refractivity contribution in [1.82, 2.24) is 4.90 Å². The molecule has 0 radical (unpaired) electrons. The first-order chi connectivity index (χ1) is 14.1. The van der Waals surface area contributed by atoms with Crippen LogP contribution < -0.4 is 14.6 Å². The van der Waals surface area contributed by atoms with Gasteiger partial charge < -0.3 is 14.4 Å². The summed E-state index contributed by atoms with van der Waals surface area (Å²) in [5.74, 6) is 0.578. The minimum Gasteiger partial charge on any atom is -0.490 e. The molecule has 0 saturated heterocycles. The largest absolute Gasteiger partial charge is 0.490 e. The van der Waals surface area contributed by atoms with Gasteiger partial charge in [-0.3, -0.25) is 4.79 Å². The third-order valence-electron chi connectivity index (χ3n) is 4.60. The Morgan fingerprint density at radius 1 is 1.17 bits per heavy atom. The summed E-state index contributed by atoms with van der Waals surface area (Å²) in [6, 6.07) is 8.97. The van der Waals surface area contributed by atoms with Crippen LogP contribution in [0.4, 0.5) is 0 Å². The molecule has 9 heteroatoms. The van der Waals surface area contributed by atoms with Crippen molar-refractivity contribution in [2.75, 3.05) is 20.3 Å². The molecule has 2 aromatic carbocycles. The third kappa shape index (κ3) is 5.65. The molecule has 1 amide bonds. The Kier molecular flexibility index (Phi) is 8.11. The molecule has 0 spiro atoms. The predicted molar refractivity (Wildman–Crippen MR) is 117 cm³/mol. The molecular weight excluding hydrogens is 428 g/mol. The fourth-order valence-electron chi connectivity index (χ4n) is 2.84. The average Bonchev–Trinajstić information content (AvgIpc) is 2.71. The first kappa shape index (κ1) is 24.0. The number of rotatable bonds is 9. The zero-order chi connectivity index (χ0) is 22.5. The van der Waals surface area contributed by atoms with E-state index in [0.29, 0.717) is 35.3 Å². The highest BCUT2D eigenvalue weighted by Crippen LogP contribution is 2.37. The zero-order valence-electron chi connectivity index (χ0n) is 17.5. The molecule has 0 bridgehead atoms. The third-order valence-corrected chi connectivity index (χ3v) is 5.81. The maximum absolute atomic E-state index is 13.1. The van der Waals surface area contributed by atoms with Gasteiger partial charge in [0.25, 0.3) is 5.91 Å². The highest BCUT2D eigenvalue weighted by Gasteiger charge is 2.23. The number of benzene rings is 2. The van der Waals surface area contributed by atoms with Gasteiger partial charge in [-0.2, -0.15) is 0 Å². The second kappa shape index (κ2) is 10.1. The molecule has 2 N–H and O–H groups in total. The summed E-state index contributed by atoms with van der Waals surface area (Å²) in [7, 11) is -2.11. The lowest BCUT2D eigenvalue weighted by molar-refractivity contribution is 0.0742. The number of nitrogens with zero attached hydrogens (tertiary/aromatic N) is 1. The Balaban J connectivity index is 2.30. The van der Waals surface area contributed by atoms with Crippen LogP contribution in [0, 0.1) is 0 Å². The summed E-state index contributed by atoms with van der Waals surface area (Å²) in [5.41, 5.74) is 1.13. The second-order valence-corrected chi connectivity index (χ2v) is 8.74. The van der Waals surface area contributed by atoms with Crippen molar-refractivity contribution in [2.45, 2.75) is 38.1 Å². The highest BCUT2D eigenvalue weighted by atomic mass is 35.5. The lowest BCUT2D eigenvalue weighted by Gasteiger charge is -2.26. The maximum Gasteiger partial charge on any atom is 0.254 e. The van der Waals surface area contributed by atoms with Crippen molar-refractivity contribution >= 4 is 27.5 Å². The number of ether oxygens (including phenoxy) is 2. The van der Waals surface area contributed by atoms with E-state index in [2.05, 4.69) is 0 Å². The SMILES string of the molecule is CCCOc1c(Cl)cc(C(=O)N(C)C(C)c2ccc(S(N)(=O)=O)cc2)cc1OCC. The van der Waals surface area contributed by atoms with E-state index in [-0.39, 0.29) is 16.8 Å². The molecule has 7 nitrogen and oxygen atoms in total. The smallest absolute Gasteiger partial charge is 0.254 e. The lowest BCUT2D eigenvalue weighted by Crippen LogP contribution is -2.29. The number of halogens is 1. The molecule has 1 unspecified atom stereocenters. The van der Waals surface area contributed by atoms with Gasteiger partial charge in [-0.25, -0.2) is 13.6 Å². The second-order valence-electron chi connectivity index (χ2n) is 6.77. The molecule has 1 atom stereocenters. The van der Waals surface area contributed by atoms with Crippen LogP contribution in [0.1, 0.15) is 49.2 Å². The molecule has 0 aliphatic carbocycles. The van der Waals surface area contributed by atoms with Crippen molar-refractivity contribution in [1.29, 1.82) is 0 Å². The van der Waals surface area contributed by atoms with E-state index in [0.717, 1.165) is 12.0 Å². The van der Waals surface area contributed by atoms with Gasteiger partial charge in [0.2, 0.25) is 10.0 Å². The van der Waals surface area contributed by atoms with Crippen LogP contribution >= 0.6 is 11.6 Å². The number of primary sulfonamides is 1. The molecule has 0 aromatic heterocycles. The quantitative estimate of drug-likeness (QED) is 0.617. The van der Waals surface area contributed by atoms with Crippen molar-refractivity contribution in [3.63, 3.8) is 0 Å². The van der Waals surface area contributed by atoms with Gasteiger partial charge in [-0.05, 0) is 50.1 Å². The van der Waals surface area contributed by atoms with Gasteiger partial charge in [0.05, 0.1) is 29.2 Å². The summed E-state index contributed by atoms with van der Waals surface area (Å²) >= 11 is 6.37. The first-order valence-electron chi connectivity index (χ1n) is 9.59. The summed E-state index contributed by atoms with van der Waals surface area (Å²) in [4.78, 5) is 14.6. The standard InChI is InChI=1S/C21H27ClN2O5S/c1-5-11-29-20-18(22)12-16(13-19(20)28-6-2)21(25)24(4)14(3)15-7-9-17(10-8-15)30(23,26)27/h7-10,12-14H,5-6,11H2,1-4H3,(H2,23,26,27). The van der Waals surface area contributed by atoms with Crippen LogP contribution in [0.3, 0.4) is 0 Å². The number of hydrogen-bond acceptors (Lipinski definition) is 5. The van der Waals surface area contributed by atoms with E-state index in [1.165, 1.54) is 12.1 Å². The number of hydrogen-bond donors (Lipinski definition) is 1. The number of nitrogens with two attached hydrogens (primary N) is 1. The topological polar surface area (TPSA) is 98.9 Å². The van der Waals surface area contributed by atoms with Gasteiger partial charge in [0, 0.05) is 12.6 Å².